The molecule has 0 fully saturated rings. The molecule has 1 unspecified atom stereocenters. The summed E-state index contributed by atoms with van der Waals surface area (Å²) in [6, 6.07) is 6.13. The molecule has 0 aliphatic carbocycles. The van der Waals surface area contributed by atoms with Gasteiger partial charge in [0.25, 0.3) is 0 Å². The van der Waals surface area contributed by atoms with E-state index in [0.29, 0.717) is 17.5 Å². The summed E-state index contributed by atoms with van der Waals surface area (Å²) in [5.41, 5.74) is 0. The molecule has 0 saturated heterocycles. The summed E-state index contributed by atoms with van der Waals surface area (Å²) in [6.07, 6.45) is 6.82. The summed E-state index contributed by atoms with van der Waals surface area (Å²) >= 11 is 1.25. The second-order valence-electron chi connectivity index (χ2n) is 5.20. The maximum atomic E-state index is 13.7. The Balaban J connectivity index is 2.09. The molecule has 0 saturated carbocycles. The van der Waals surface area contributed by atoms with Crippen molar-refractivity contribution in [3.8, 4) is 18.1 Å². The van der Waals surface area contributed by atoms with Crippen molar-refractivity contribution >= 4 is 17.7 Å². The number of benzene rings is 1. The number of para-hydroxylation sites is 1. The Hall–Kier alpha value is -2.79. The third kappa shape index (κ3) is 5.10. The lowest BCUT2D eigenvalue weighted by Gasteiger charge is -2.12. The van der Waals surface area contributed by atoms with Crippen LogP contribution in [0.3, 0.4) is 0 Å². The zero-order valence-electron chi connectivity index (χ0n) is 14.3. The monoisotopic (exact) mass is 374 g/mol. The molecule has 1 amide bonds. The average molecular weight is 374 g/mol. The van der Waals surface area contributed by atoms with E-state index < -0.39 is 11.1 Å². The van der Waals surface area contributed by atoms with E-state index in [9.17, 15) is 9.18 Å². The number of ether oxygens (including phenoxy) is 1. The Morgan fingerprint density at radius 1 is 1.54 bits per heavy atom. The van der Waals surface area contributed by atoms with E-state index in [1.54, 1.807) is 29.7 Å². The number of amides is 1. The molecule has 0 bridgehead atoms. The highest BCUT2D eigenvalue weighted by molar-refractivity contribution is 8.00. The second kappa shape index (κ2) is 9.63. The van der Waals surface area contributed by atoms with Gasteiger partial charge in [-0.05, 0) is 19.1 Å². The summed E-state index contributed by atoms with van der Waals surface area (Å²) in [5, 5.41) is 11.0. The standard InChI is InChI=1S/C18H19FN4O2S/c1-4-10-20-17(24)13(3)26-18-22-21-16(23(18)11-5-2)12-25-15-9-7-6-8-14(15)19/h1,5-9,13H,2,10-12H2,3H3,(H,20,24). The first-order valence-corrected chi connectivity index (χ1v) is 8.73. The number of nitrogens with zero attached hydrogens (tertiary/aromatic N) is 3. The molecule has 0 aliphatic rings. The molecular weight excluding hydrogens is 355 g/mol. The van der Waals surface area contributed by atoms with Crippen LogP contribution < -0.4 is 10.1 Å². The zero-order chi connectivity index (χ0) is 18.9. The van der Waals surface area contributed by atoms with Crippen molar-refractivity contribution < 1.29 is 13.9 Å². The van der Waals surface area contributed by atoms with Crippen LogP contribution in [0.4, 0.5) is 4.39 Å². The molecule has 26 heavy (non-hydrogen) atoms. The van der Waals surface area contributed by atoms with Crippen LogP contribution in [0.2, 0.25) is 0 Å². The van der Waals surface area contributed by atoms with Gasteiger partial charge in [0.2, 0.25) is 5.91 Å². The summed E-state index contributed by atoms with van der Waals surface area (Å²) in [7, 11) is 0. The van der Waals surface area contributed by atoms with Gasteiger partial charge in [-0.2, -0.15) is 0 Å². The summed E-state index contributed by atoms with van der Waals surface area (Å²) in [5.74, 6) is 2.36. The smallest absolute Gasteiger partial charge is 0.234 e. The summed E-state index contributed by atoms with van der Waals surface area (Å²) in [6.45, 7) is 6.11. The normalized spacial score (nSPS) is 11.4. The van der Waals surface area contributed by atoms with Crippen molar-refractivity contribution in [3.63, 3.8) is 0 Å². The van der Waals surface area contributed by atoms with Crippen molar-refractivity contribution in [3.05, 3.63) is 48.6 Å². The van der Waals surface area contributed by atoms with Crippen LogP contribution >= 0.6 is 11.8 Å². The quantitative estimate of drug-likeness (QED) is 0.415. The van der Waals surface area contributed by atoms with Crippen molar-refractivity contribution in [2.24, 2.45) is 0 Å². The summed E-state index contributed by atoms with van der Waals surface area (Å²) in [4.78, 5) is 12.0. The molecule has 1 aromatic carbocycles. The molecule has 2 rings (SSSR count). The number of terminal acetylenes is 1. The van der Waals surface area contributed by atoms with E-state index in [4.69, 9.17) is 11.2 Å². The zero-order valence-corrected chi connectivity index (χ0v) is 15.1. The van der Waals surface area contributed by atoms with Crippen LogP contribution in [-0.2, 0) is 17.9 Å². The van der Waals surface area contributed by atoms with E-state index in [-0.39, 0.29) is 24.8 Å². The van der Waals surface area contributed by atoms with Crippen LogP contribution in [0.25, 0.3) is 0 Å². The predicted molar refractivity (Wildman–Crippen MR) is 98.1 cm³/mol. The Kier molecular flexibility index (Phi) is 7.24. The largest absolute Gasteiger partial charge is 0.483 e. The third-order valence-electron chi connectivity index (χ3n) is 3.31. The molecule has 2 aromatic rings. The van der Waals surface area contributed by atoms with Gasteiger partial charge in [-0.15, -0.1) is 23.2 Å². The van der Waals surface area contributed by atoms with Crippen molar-refractivity contribution in [2.75, 3.05) is 6.54 Å². The van der Waals surface area contributed by atoms with Gasteiger partial charge in [0, 0.05) is 6.54 Å². The fourth-order valence-electron chi connectivity index (χ4n) is 2.02. The lowest BCUT2D eigenvalue weighted by Crippen LogP contribution is -2.31. The molecular formula is C18H19FN4O2S. The predicted octanol–water partition coefficient (Wildman–Crippen LogP) is 2.41. The number of allylic oxidation sites excluding steroid dienone is 1. The topological polar surface area (TPSA) is 69.0 Å². The van der Waals surface area contributed by atoms with Gasteiger partial charge >= 0.3 is 0 Å². The number of halogens is 1. The number of thioether (sulfide) groups is 1. The molecule has 0 radical (unpaired) electrons. The summed E-state index contributed by atoms with van der Waals surface area (Å²) < 4.78 is 20.9. The van der Waals surface area contributed by atoms with E-state index >= 15 is 0 Å². The minimum atomic E-state index is -0.448. The number of rotatable bonds is 9. The Bertz CT molecular complexity index is 816. The van der Waals surface area contributed by atoms with E-state index in [1.807, 2.05) is 0 Å². The molecule has 136 valence electrons. The first-order valence-electron chi connectivity index (χ1n) is 7.85. The molecule has 0 spiro atoms. The number of hydrogen-bond donors (Lipinski definition) is 1. The number of carbonyl (C=O) groups is 1. The lowest BCUT2D eigenvalue weighted by molar-refractivity contribution is -0.120. The third-order valence-corrected chi connectivity index (χ3v) is 4.40. The molecule has 1 N–H and O–H groups in total. The molecule has 1 atom stereocenters. The molecule has 1 aromatic heterocycles. The maximum absolute atomic E-state index is 13.7. The average Bonchev–Trinajstić information content (AvgIpc) is 3.01. The van der Waals surface area contributed by atoms with Crippen molar-refractivity contribution in [1.82, 2.24) is 20.1 Å². The molecule has 0 aliphatic heterocycles. The number of carbonyl (C=O) groups excluding carboxylic acids is 1. The Labute approximate surface area is 155 Å². The SMILES string of the molecule is C#CCNC(=O)C(C)Sc1nnc(COc2ccccc2F)n1CC=C. The number of aromatic nitrogens is 3. The van der Waals surface area contributed by atoms with E-state index in [1.165, 1.54) is 23.9 Å². The van der Waals surface area contributed by atoms with Gasteiger partial charge < -0.3 is 10.1 Å². The first kappa shape index (κ1) is 19.5. The van der Waals surface area contributed by atoms with Crippen LogP contribution in [0.15, 0.2) is 42.1 Å². The van der Waals surface area contributed by atoms with Gasteiger partial charge in [0.1, 0.15) is 6.61 Å². The second-order valence-corrected chi connectivity index (χ2v) is 6.51. The van der Waals surface area contributed by atoms with E-state index in [0.717, 1.165) is 0 Å². The van der Waals surface area contributed by atoms with Crippen molar-refractivity contribution in [2.45, 2.75) is 30.5 Å². The highest BCUT2D eigenvalue weighted by Gasteiger charge is 2.20. The molecule has 6 nitrogen and oxygen atoms in total. The van der Waals surface area contributed by atoms with Gasteiger partial charge in [0.15, 0.2) is 22.5 Å². The first-order chi connectivity index (χ1) is 12.6. The number of hydrogen-bond acceptors (Lipinski definition) is 5. The highest BCUT2D eigenvalue weighted by atomic mass is 32.2. The Morgan fingerprint density at radius 3 is 3.00 bits per heavy atom. The fourth-order valence-corrected chi connectivity index (χ4v) is 2.92. The van der Waals surface area contributed by atoms with E-state index in [2.05, 4.69) is 28.0 Å². The molecule has 1 heterocycles. The van der Waals surface area contributed by atoms with Gasteiger partial charge in [-0.25, -0.2) is 4.39 Å². The van der Waals surface area contributed by atoms with Crippen molar-refractivity contribution in [1.29, 1.82) is 0 Å². The highest BCUT2D eigenvalue weighted by Crippen LogP contribution is 2.23. The van der Waals surface area contributed by atoms with Gasteiger partial charge in [-0.1, -0.05) is 35.9 Å². The van der Waals surface area contributed by atoms with Crippen LogP contribution in [0, 0.1) is 18.2 Å². The minimum absolute atomic E-state index is 0.0417. The minimum Gasteiger partial charge on any atom is -0.483 e. The van der Waals surface area contributed by atoms with Gasteiger partial charge in [-0.3, -0.25) is 9.36 Å². The number of nitrogens with one attached hydrogen (secondary N) is 1. The lowest BCUT2D eigenvalue weighted by atomic mass is 10.3. The van der Waals surface area contributed by atoms with Crippen LogP contribution in [-0.4, -0.2) is 32.5 Å². The molecule has 8 heteroatoms. The van der Waals surface area contributed by atoms with Crippen LogP contribution in [0.1, 0.15) is 12.7 Å². The Morgan fingerprint density at radius 2 is 2.31 bits per heavy atom. The fraction of sp³-hybridized carbons (Fsp3) is 0.278. The van der Waals surface area contributed by atoms with Gasteiger partial charge in [0.05, 0.1) is 11.8 Å². The maximum Gasteiger partial charge on any atom is 0.234 e. The van der Waals surface area contributed by atoms with Crippen LogP contribution in [0.5, 0.6) is 5.75 Å².